The predicted molar refractivity (Wildman–Crippen MR) is 97.0 cm³/mol. The topological polar surface area (TPSA) is 65.5 Å². The molecule has 0 radical (unpaired) electrons. The van der Waals surface area contributed by atoms with Crippen molar-refractivity contribution in [1.82, 2.24) is 4.98 Å². The molecule has 1 aromatic heterocycles. The van der Waals surface area contributed by atoms with E-state index >= 15 is 0 Å². The van der Waals surface area contributed by atoms with E-state index in [-0.39, 0.29) is 11.8 Å². The summed E-state index contributed by atoms with van der Waals surface area (Å²) in [6.45, 7) is 5.07. The first-order valence-corrected chi connectivity index (χ1v) is 8.69. The first kappa shape index (κ1) is 16.4. The maximum Gasteiger partial charge on any atom is 0.277 e. The lowest BCUT2D eigenvalue weighted by molar-refractivity contribution is -0.114. The monoisotopic (exact) mass is 344 g/mol. The number of para-hydroxylation sites is 2. The standard InChI is InChI=1S/C17H20N4O2S/c1-11-8-20(3)14-6-4-5-7-15(14)21(9-11)16(23)13-10-24-17(19-13)18-12(2)22/h4-7,10-11H,8-9H2,1-3H3,(H,18,19,22)/t11-/m0/s1. The first-order valence-electron chi connectivity index (χ1n) is 7.81. The van der Waals surface area contributed by atoms with Crippen LogP contribution in [0.3, 0.4) is 0 Å². The van der Waals surface area contributed by atoms with E-state index in [0.717, 1.165) is 17.9 Å². The van der Waals surface area contributed by atoms with Crippen molar-refractivity contribution in [1.29, 1.82) is 0 Å². The van der Waals surface area contributed by atoms with E-state index in [1.807, 2.05) is 31.3 Å². The van der Waals surface area contributed by atoms with Crippen LogP contribution in [-0.2, 0) is 4.79 Å². The molecule has 24 heavy (non-hydrogen) atoms. The SMILES string of the molecule is CC(=O)Nc1nc(C(=O)N2C[C@@H](C)CN(C)c3ccccc32)cs1. The van der Waals surface area contributed by atoms with Gasteiger partial charge in [-0.2, -0.15) is 0 Å². The first-order chi connectivity index (χ1) is 11.5. The summed E-state index contributed by atoms with van der Waals surface area (Å²) in [5, 5.41) is 4.75. The second kappa shape index (κ2) is 6.60. The highest BCUT2D eigenvalue weighted by molar-refractivity contribution is 7.14. The summed E-state index contributed by atoms with van der Waals surface area (Å²) < 4.78 is 0. The molecule has 2 aromatic rings. The number of thiazole rings is 1. The van der Waals surface area contributed by atoms with Gasteiger partial charge in [0.25, 0.3) is 5.91 Å². The second-order valence-electron chi connectivity index (χ2n) is 6.11. The summed E-state index contributed by atoms with van der Waals surface area (Å²) in [6, 6.07) is 7.90. The van der Waals surface area contributed by atoms with Crippen LogP contribution in [0, 0.1) is 5.92 Å². The van der Waals surface area contributed by atoms with Crippen molar-refractivity contribution in [3.63, 3.8) is 0 Å². The van der Waals surface area contributed by atoms with Crippen LogP contribution >= 0.6 is 11.3 Å². The van der Waals surface area contributed by atoms with Gasteiger partial charge in [-0.25, -0.2) is 4.98 Å². The maximum atomic E-state index is 13.0. The summed E-state index contributed by atoms with van der Waals surface area (Å²) >= 11 is 1.26. The second-order valence-corrected chi connectivity index (χ2v) is 6.97. The Bertz CT molecular complexity index is 773. The highest BCUT2D eigenvalue weighted by Gasteiger charge is 2.28. The van der Waals surface area contributed by atoms with Crippen LogP contribution < -0.4 is 15.1 Å². The van der Waals surface area contributed by atoms with Crippen molar-refractivity contribution in [3.8, 4) is 0 Å². The number of hydrogen-bond donors (Lipinski definition) is 1. The molecule has 0 saturated carbocycles. The number of fused-ring (bicyclic) bond motifs is 1. The Labute approximate surface area is 145 Å². The molecule has 7 heteroatoms. The van der Waals surface area contributed by atoms with E-state index in [0.29, 0.717) is 23.3 Å². The highest BCUT2D eigenvalue weighted by Crippen LogP contribution is 2.33. The minimum Gasteiger partial charge on any atom is -0.373 e. The molecule has 0 aliphatic carbocycles. The number of anilines is 3. The fourth-order valence-corrected chi connectivity index (χ4v) is 3.69. The Hall–Kier alpha value is -2.41. The van der Waals surface area contributed by atoms with Gasteiger partial charge in [-0.05, 0) is 18.1 Å². The smallest absolute Gasteiger partial charge is 0.277 e. The van der Waals surface area contributed by atoms with E-state index in [1.54, 1.807) is 10.3 Å². The van der Waals surface area contributed by atoms with Crippen molar-refractivity contribution in [2.45, 2.75) is 13.8 Å². The van der Waals surface area contributed by atoms with Crippen LogP contribution in [0.5, 0.6) is 0 Å². The molecule has 1 aliphatic heterocycles. The molecular weight excluding hydrogens is 324 g/mol. The molecule has 0 fully saturated rings. The Balaban J connectivity index is 1.94. The maximum absolute atomic E-state index is 13.0. The molecule has 1 aliphatic rings. The number of aromatic nitrogens is 1. The molecule has 2 heterocycles. The average Bonchev–Trinajstić information content (AvgIpc) is 2.94. The number of hydrogen-bond acceptors (Lipinski definition) is 5. The number of nitrogens with zero attached hydrogens (tertiary/aromatic N) is 3. The molecule has 0 unspecified atom stereocenters. The molecular formula is C17H20N4O2S. The molecule has 0 bridgehead atoms. The third-order valence-electron chi connectivity index (χ3n) is 3.91. The van der Waals surface area contributed by atoms with Crippen LogP contribution in [0.2, 0.25) is 0 Å². The summed E-state index contributed by atoms with van der Waals surface area (Å²) in [6.07, 6.45) is 0. The molecule has 1 aromatic carbocycles. The fourth-order valence-electron chi connectivity index (χ4n) is 2.96. The van der Waals surface area contributed by atoms with Gasteiger partial charge in [0.1, 0.15) is 5.69 Å². The predicted octanol–water partition coefficient (Wildman–Crippen LogP) is 2.83. The van der Waals surface area contributed by atoms with Crippen molar-refractivity contribution in [3.05, 3.63) is 35.3 Å². The summed E-state index contributed by atoms with van der Waals surface area (Å²) in [4.78, 5) is 32.4. The Morgan fingerprint density at radius 1 is 1.25 bits per heavy atom. The van der Waals surface area contributed by atoms with E-state index in [1.165, 1.54) is 18.3 Å². The third-order valence-corrected chi connectivity index (χ3v) is 4.67. The van der Waals surface area contributed by atoms with Gasteiger partial charge in [-0.3, -0.25) is 9.59 Å². The molecule has 3 rings (SSSR count). The zero-order valence-electron chi connectivity index (χ0n) is 13.9. The molecule has 126 valence electrons. The van der Waals surface area contributed by atoms with E-state index < -0.39 is 0 Å². The van der Waals surface area contributed by atoms with E-state index in [4.69, 9.17) is 0 Å². The van der Waals surface area contributed by atoms with Gasteiger partial charge in [0, 0.05) is 32.4 Å². The van der Waals surface area contributed by atoms with Crippen molar-refractivity contribution in [2.24, 2.45) is 5.92 Å². The van der Waals surface area contributed by atoms with Crippen molar-refractivity contribution < 1.29 is 9.59 Å². The summed E-state index contributed by atoms with van der Waals surface area (Å²) in [7, 11) is 2.04. The zero-order valence-corrected chi connectivity index (χ0v) is 14.8. The number of carbonyl (C=O) groups excluding carboxylic acids is 2. The fraction of sp³-hybridized carbons (Fsp3) is 0.353. The van der Waals surface area contributed by atoms with Crippen LogP contribution in [0.4, 0.5) is 16.5 Å². The number of amides is 2. The molecule has 1 N–H and O–H groups in total. The van der Waals surface area contributed by atoms with Crippen molar-refractivity contribution in [2.75, 3.05) is 35.3 Å². The molecule has 0 saturated heterocycles. The minimum atomic E-state index is -0.196. The lowest BCUT2D eigenvalue weighted by atomic mass is 10.1. The van der Waals surface area contributed by atoms with Gasteiger partial charge in [-0.15, -0.1) is 11.3 Å². The largest absolute Gasteiger partial charge is 0.373 e. The molecule has 0 spiro atoms. The van der Waals surface area contributed by atoms with E-state index in [9.17, 15) is 9.59 Å². The minimum absolute atomic E-state index is 0.141. The Morgan fingerprint density at radius 3 is 2.67 bits per heavy atom. The lowest BCUT2D eigenvalue weighted by Gasteiger charge is -2.23. The number of benzene rings is 1. The Morgan fingerprint density at radius 2 is 1.96 bits per heavy atom. The van der Waals surface area contributed by atoms with Gasteiger partial charge in [-0.1, -0.05) is 19.1 Å². The summed E-state index contributed by atoms with van der Waals surface area (Å²) in [5.41, 5.74) is 2.28. The zero-order chi connectivity index (χ0) is 17.3. The van der Waals surface area contributed by atoms with Gasteiger partial charge in [0.2, 0.25) is 5.91 Å². The van der Waals surface area contributed by atoms with Crippen molar-refractivity contribution >= 4 is 39.7 Å². The van der Waals surface area contributed by atoms with Crippen LogP contribution in [0.15, 0.2) is 29.6 Å². The lowest BCUT2D eigenvalue weighted by Crippen LogP contribution is -2.35. The number of carbonyl (C=O) groups is 2. The number of rotatable bonds is 2. The normalized spacial score (nSPS) is 17.2. The van der Waals surface area contributed by atoms with Gasteiger partial charge in [0.05, 0.1) is 11.4 Å². The number of nitrogens with one attached hydrogen (secondary N) is 1. The molecule has 6 nitrogen and oxygen atoms in total. The van der Waals surface area contributed by atoms with Crippen LogP contribution in [0.25, 0.3) is 0 Å². The average molecular weight is 344 g/mol. The van der Waals surface area contributed by atoms with E-state index in [2.05, 4.69) is 22.1 Å². The van der Waals surface area contributed by atoms with Gasteiger partial charge >= 0.3 is 0 Å². The van der Waals surface area contributed by atoms with Crippen LogP contribution in [-0.4, -0.2) is 36.9 Å². The molecule has 1 atom stereocenters. The van der Waals surface area contributed by atoms with Crippen LogP contribution in [0.1, 0.15) is 24.3 Å². The van der Waals surface area contributed by atoms with Gasteiger partial charge in [0.15, 0.2) is 5.13 Å². The Kier molecular flexibility index (Phi) is 4.53. The summed E-state index contributed by atoms with van der Waals surface area (Å²) in [5.74, 6) is -0.00373. The third kappa shape index (κ3) is 3.26. The highest BCUT2D eigenvalue weighted by atomic mass is 32.1. The molecule has 2 amide bonds. The van der Waals surface area contributed by atoms with Gasteiger partial charge < -0.3 is 15.1 Å². The quantitative estimate of drug-likeness (QED) is 0.910.